The topological polar surface area (TPSA) is 79.2 Å². The number of furan rings is 1. The molecular weight excluding hydrogens is 318 g/mol. The number of aryl methyl sites for hydroxylation is 2. The van der Waals surface area contributed by atoms with Gasteiger partial charge in [-0.05, 0) is 39.8 Å². The molecule has 0 unspecified atom stereocenters. The first-order valence-corrected chi connectivity index (χ1v) is 8.26. The van der Waals surface area contributed by atoms with Crippen LogP contribution in [0.2, 0.25) is 0 Å². The third-order valence-corrected chi connectivity index (χ3v) is 4.45. The molecule has 0 aliphatic rings. The molecule has 0 bridgehead atoms. The molecule has 0 spiro atoms. The van der Waals surface area contributed by atoms with E-state index in [1.807, 2.05) is 26.8 Å². The molecule has 3 aromatic rings. The van der Waals surface area contributed by atoms with E-state index >= 15 is 0 Å². The summed E-state index contributed by atoms with van der Waals surface area (Å²) in [6.07, 6.45) is 0. The maximum absolute atomic E-state index is 12.9. The number of aromatic amines is 1. The van der Waals surface area contributed by atoms with Crippen LogP contribution in [0, 0.1) is 20.8 Å². The highest BCUT2D eigenvalue weighted by Crippen LogP contribution is 2.23. The Balaban J connectivity index is 1.95. The smallest absolute Gasteiger partial charge is 0.258 e. The van der Waals surface area contributed by atoms with Gasteiger partial charge in [-0.3, -0.25) is 9.59 Å². The van der Waals surface area contributed by atoms with Crippen molar-refractivity contribution >= 4 is 16.8 Å². The summed E-state index contributed by atoms with van der Waals surface area (Å²) in [5, 5.41) is 0.540. The van der Waals surface area contributed by atoms with Gasteiger partial charge in [0.2, 0.25) is 0 Å². The van der Waals surface area contributed by atoms with E-state index in [4.69, 9.17) is 4.42 Å². The quantitative estimate of drug-likeness (QED) is 0.792. The number of aromatic nitrogens is 2. The number of carbonyl (C=O) groups excluding carboxylic acids is 1. The van der Waals surface area contributed by atoms with Crippen molar-refractivity contribution in [1.82, 2.24) is 14.9 Å². The zero-order valence-corrected chi connectivity index (χ0v) is 14.8. The Kier molecular flexibility index (Phi) is 4.44. The zero-order chi connectivity index (χ0) is 18.1. The number of nitrogens with one attached hydrogen (secondary N) is 1. The van der Waals surface area contributed by atoms with Gasteiger partial charge in [0, 0.05) is 12.1 Å². The van der Waals surface area contributed by atoms with Crippen molar-refractivity contribution in [3.05, 3.63) is 63.1 Å². The van der Waals surface area contributed by atoms with Gasteiger partial charge >= 0.3 is 0 Å². The number of hydrogen-bond donors (Lipinski definition) is 1. The van der Waals surface area contributed by atoms with Crippen LogP contribution in [0.3, 0.4) is 0 Å². The summed E-state index contributed by atoms with van der Waals surface area (Å²) in [7, 11) is 0. The SMILES string of the molecule is CCN(Cc1nc2ccccc2c(=O)[nH]1)C(=O)c1c(C)oc(C)c1C. The van der Waals surface area contributed by atoms with Gasteiger partial charge < -0.3 is 14.3 Å². The molecular formula is C19H21N3O3. The monoisotopic (exact) mass is 339 g/mol. The van der Waals surface area contributed by atoms with Crippen LogP contribution >= 0.6 is 0 Å². The number of hydrogen-bond acceptors (Lipinski definition) is 4. The van der Waals surface area contributed by atoms with Gasteiger partial charge in [-0.2, -0.15) is 0 Å². The van der Waals surface area contributed by atoms with Crippen LogP contribution in [-0.4, -0.2) is 27.3 Å². The van der Waals surface area contributed by atoms with Gasteiger partial charge in [-0.15, -0.1) is 0 Å². The summed E-state index contributed by atoms with van der Waals surface area (Å²) in [5.74, 6) is 1.70. The van der Waals surface area contributed by atoms with Crippen LogP contribution in [-0.2, 0) is 6.54 Å². The van der Waals surface area contributed by atoms with E-state index in [1.165, 1.54) is 0 Å². The Hall–Kier alpha value is -2.89. The van der Waals surface area contributed by atoms with Crippen LogP contribution in [0.15, 0.2) is 33.5 Å². The van der Waals surface area contributed by atoms with Gasteiger partial charge in [0.25, 0.3) is 11.5 Å². The highest BCUT2D eigenvalue weighted by Gasteiger charge is 2.23. The van der Waals surface area contributed by atoms with Gasteiger partial charge in [-0.25, -0.2) is 4.98 Å². The van der Waals surface area contributed by atoms with E-state index in [9.17, 15) is 9.59 Å². The Morgan fingerprint density at radius 2 is 1.92 bits per heavy atom. The molecule has 0 saturated carbocycles. The molecule has 1 aromatic carbocycles. The lowest BCUT2D eigenvalue weighted by Crippen LogP contribution is -2.32. The minimum absolute atomic E-state index is 0.120. The van der Waals surface area contributed by atoms with Crippen molar-refractivity contribution < 1.29 is 9.21 Å². The first-order valence-electron chi connectivity index (χ1n) is 8.26. The Labute approximate surface area is 145 Å². The van der Waals surface area contributed by atoms with E-state index in [2.05, 4.69) is 9.97 Å². The summed E-state index contributed by atoms with van der Waals surface area (Å²) >= 11 is 0. The first kappa shape index (κ1) is 17.0. The molecule has 25 heavy (non-hydrogen) atoms. The molecule has 6 heteroatoms. The predicted octanol–water partition coefficient (Wildman–Crippen LogP) is 3.10. The van der Waals surface area contributed by atoms with Crippen LogP contribution in [0.1, 0.15) is 40.2 Å². The highest BCUT2D eigenvalue weighted by atomic mass is 16.3. The van der Waals surface area contributed by atoms with Crippen molar-refractivity contribution in [1.29, 1.82) is 0 Å². The van der Waals surface area contributed by atoms with Crippen LogP contribution in [0.4, 0.5) is 0 Å². The van der Waals surface area contributed by atoms with E-state index in [0.29, 0.717) is 34.6 Å². The minimum Gasteiger partial charge on any atom is -0.466 e. The zero-order valence-electron chi connectivity index (χ0n) is 14.8. The third kappa shape index (κ3) is 3.07. The average Bonchev–Trinajstić information content (AvgIpc) is 2.84. The fourth-order valence-corrected chi connectivity index (χ4v) is 2.98. The lowest BCUT2D eigenvalue weighted by atomic mass is 10.1. The van der Waals surface area contributed by atoms with E-state index in [1.54, 1.807) is 30.0 Å². The second-order valence-corrected chi connectivity index (χ2v) is 6.06. The minimum atomic E-state index is -0.199. The molecule has 1 amide bonds. The molecule has 0 radical (unpaired) electrons. The normalized spacial score (nSPS) is 11.0. The molecule has 2 aromatic heterocycles. The fourth-order valence-electron chi connectivity index (χ4n) is 2.98. The summed E-state index contributed by atoms with van der Waals surface area (Å²) in [4.78, 5) is 34.0. The Morgan fingerprint density at radius 1 is 1.20 bits per heavy atom. The lowest BCUT2D eigenvalue weighted by molar-refractivity contribution is 0.0746. The number of benzene rings is 1. The number of amides is 1. The Morgan fingerprint density at radius 3 is 2.56 bits per heavy atom. The molecule has 2 heterocycles. The number of rotatable bonds is 4. The van der Waals surface area contributed by atoms with Crippen LogP contribution in [0.25, 0.3) is 10.9 Å². The maximum atomic E-state index is 12.9. The van der Waals surface area contributed by atoms with Crippen LogP contribution < -0.4 is 5.56 Å². The third-order valence-electron chi connectivity index (χ3n) is 4.45. The molecule has 130 valence electrons. The summed E-state index contributed by atoms with van der Waals surface area (Å²) in [5.41, 5.74) is 1.86. The van der Waals surface area contributed by atoms with Crippen molar-refractivity contribution in [3.63, 3.8) is 0 Å². The number of para-hydroxylation sites is 1. The number of H-pyrrole nitrogens is 1. The van der Waals surface area contributed by atoms with Crippen LogP contribution in [0.5, 0.6) is 0 Å². The average molecular weight is 339 g/mol. The maximum Gasteiger partial charge on any atom is 0.258 e. The number of fused-ring (bicyclic) bond motifs is 1. The predicted molar refractivity (Wildman–Crippen MR) is 95.7 cm³/mol. The molecule has 0 aliphatic heterocycles. The van der Waals surface area contributed by atoms with Crippen molar-refractivity contribution in [3.8, 4) is 0 Å². The highest BCUT2D eigenvalue weighted by molar-refractivity contribution is 5.96. The number of carbonyl (C=O) groups is 1. The second-order valence-electron chi connectivity index (χ2n) is 6.06. The Bertz CT molecular complexity index is 1000. The van der Waals surface area contributed by atoms with Gasteiger partial charge in [0.15, 0.2) is 0 Å². The summed E-state index contributed by atoms with van der Waals surface area (Å²) in [6, 6.07) is 7.16. The standard InChI is InChI=1S/C19H21N3O3/c1-5-22(19(24)17-11(2)12(3)25-13(17)4)10-16-20-15-9-7-6-8-14(15)18(23)21-16/h6-9H,5,10H2,1-4H3,(H,20,21,23). The van der Waals surface area contributed by atoms with E-state index in [0.717, 1.165) is 11.3 Å². The van der Waals surface area contributed by atoms with Gasteiger partial charge in [0.05, 0.1) is 23.0 Å². The van der Waals surface area contributed by atoms with Gasteiger partial charge in [-0.1, -0.05) is 12.1 Å². The van der Waals surface area contributed by atoms with Crippen molar-refractivity contribution in [2.24, 2.45) is 0 Å². The summed E-state index contributed by atoms with van der Waals surface area (Å²) < 4.78 is 5.57. The molecule has 0 fully saturated rings. The molecule has 0 saturated heterocycles. The summed E-state index contributed by atoms with van der Waals surface area (Å²) in [6.45, 7) is 8.14. The molecule has 6 nitrogen and oxygen atoms in total. The van der Waals surface area contributed by atoms with E-state index < -0.39 is 0 Å². The second kappa shape index (κ2) is 6.55. The first-order chi connectivity index (χ1) is 11.9. The molecule has 0 aliphatic carbocycles. The van der Waals surface area contributed by atoms with Gasteiger partial charge in [0.1, 0.15) is 17.3 Å². The molecule has 1 N–H and O–H groups in total. The molecule has 0 atom stereocenters. The lowest BCUT2D eigenvalue weighted by Gasteiger charge is -2.20. The fraction of sp³-hybridized carbons (Fsp3) is 0.316. The van der Waals surface area contributed by atoms with Crippen molar-refractivity contribution in [2.75, 3.05) is 6.54 Å². The number of nitrogens with zero attached hydrogens (tertiary/aromatic N) is 2. The largest absolute Gasteiger partial charge is 0.466 e. The van der Waals surface area contributed by atoms with Crippen molar-refractivity contribution in [2.45, 2.75) is 34.2 Å². The molecule has 3 rings (SSSR count). The van der Waals surface area contributed by atoms with E-state index in [-0.39, 0.29) is 18.0 Å².